The van der Waals surface area contributed by atoms with Gasteiger partial charge in [-0.1, -0.05) is 19.9 Å². The second-order valence-corrected chi connectivity index (χ2v) is 10.4. The van der Waals surface area contributed by atoms with Crippen molar-refractivity contribution in [1.82, 2.24) is 0 Å². The Hall–Kier alpha value is -1.93. The molecular weight excluding hydrogens is 422 g/mol. The standard InChI is InChI=1S/C24H30F2O6/c1-12-9-16-14-5-6-15-20(25)17(29)7-8-21(15,3)23(14,26)18(30)10-22(16,4)24(12,19(31)11-27)32-13(2)28/h7-8,12,14,16,18,27,30H,5-6,9-11H2,1-4H3/t12-,14+,16+,18+,21+,22+,23+,24-/m1/s1. The van der Waals surface area contributed by atoms with Crippen LogP contribution in [-0.2, 0) is 19.1 Å². The largest absolute Gasteiger partial charge is 0.450 e. The van der Waals surface area contributed by atoms with Crippen LogP contribution in [0.4, 0.5) is 8.78 Å². The predicted molar refractivity (Wildman–Crippen MR) is 110 cm³/mol. The zero-order valence-electron chi connectivity index (χ0n) is 18.8. The highest BCUT2D eigenvalue weighted by molar-refractivity contribution is 6.04. The molecule has 0 radical (unpaired) electrons. The number of ketones is 2. The first kappa shape index (κ1) is 23.2. The summed E-state index contributed by atoms with van der Waals surface area (Å²) in [6, 6.07) is 0. The molecule has 8 atom stereocenters. The molecule has 0 bridgehead atoms. The maximum Gasteiger partial charge on any atom is 0.303 e. The molecule has 3 fully saturated rings. The summed E-state index contributed by atoms with van der Waals surface area (Å²) in [7, 11) is 0. The number of allylic oxidation sites excluding steroid dienone is 4. The van der Waals surface area contributed by atoms with Crippen LogP contribution in [0.2, 0.25) is 0 Å². The fraction of sp³-hybridized carbons (Fsp3) is 0.708. The van der Waals surface area contributed by atoms with Crippen molar-refractivity contribution in [2.24, 2.45) is 28.6 Å². The van der Waals surface area contributed by atoms with E-state index in [4.69, 9.17) is 4.74 Å². The van der Waals surface area contributed by atoms with Crippen LogP contribution < -0.4 is 0 Å². The number of halogens is 2. The zero-order valence-corrected chi connectivity index (χ0v) is 18.8. The fourth-order valence-corrected chi connectivity index (χ4v) is 7.82. The van der Waals surface area contributed by atoms with Crippen molar-refractivity contribution in [2.45, 2.75) is 70.8 Å². The first-order valence-corrected chi connectivity index (χ1v) is 11.1. The topological polar surface area (TPSA) is 101 Å². The molecule has 0 saturated heterocycles. The van der Waals surface area contributed by atoms with Crippen molar-refractivity contribution < 1.29 is 38.1 Å². The number of Topliss-reactive ketones (excluding diaryl/α,β-unsaturated/α-hetero) is 1. The number of aliphatic hydroxyl groups excluding tert-OH is 2. The molecule has 0 heterocycles. The van der Waals surface area contributed by atoms with Gasteiger partial charge in [-0.3, -0.25) is 14.4 Å². The van der Waals surface area contributed by atoms with E-state index in [0.717, 1.165) is 6.08 Å². The molecule has 2 N–H and O–H groups in total. The van der Waals surface area contributed by atoms with E-state index in [-0.39, 0.29) is 24.8 Å². The predicted octanol–water partition coefficient (Wildman–Crippen LogP) is 2.76. The van der Waals surface area contributed by atoms with Crippen LogP contribution in [0.5, 0.6) is 0 Å². The van der Waals surface area contributed by atoms with Crippen molar-refractivity contribution >= 4 is 17.5 Å². The summed E-state index contributed by atoms with van der Waals surface area (Å²) in [5.41, 5.74) is -6.53. The summed E-state index contributed by atoms with van der Waals surface area (Å²) in [6.07, 6.45) is 1.26. The highest BCUT2D eigenvalue weighted by atomic mass is 19.1. The van der Waals surface area contributed by atoms with Crippen molar-refractivity contribution in [2.75, 3.05) is 6.61 Å². The maximum absolute atomic E-state index is 17.1. The molecule has 4 aliphatic carbocycles. The van der Waals surface area contributed by atoms with Gasteiger partial charge in [-0.2, -0.15) is 0 Å². The highest BCUT2D eigenvalue weighted by Crippen LogP contribution is 2.71. The molecule has 176 valence electrons. The second kappa shape index (κ2) is 7.03. The average Bonchev–Trinajstić information content (AvgIpc) is 2.93. The average molecular weight is 452 g/mol. The Kier molecular flexibility index (Phi) is 5.11. The lowest BCUT2D eigenvalue weighted by molar-refractivity contribution is -0.228. The third kappa shape index (κ3) is 2.48. The lowest BCUT2D eigenvalue weighted by Gasteiger charge is -2.62. The summed E-state index contributed by atoms with van der Waals surface area (Å²) in [5, 5.41) is 21.0. The Morgan fingerprint density at radius 3 is 2.53 bits per heavy atom. The molecule has 0 amide bonds. The van der Waals surface area contributed by atoms with E-state index in [1.165, 1.54) is 19.9 Å². The number of fused-ring (bicyclic) bond motifs is 5. The second-order valence-electron chi connectivity index (χ2n) is 10.4. The van der Waals surface area contributed by atoms with E-state index >= 15 is 4.39 Å². The number of ether oxygens (including phenoxy) is 1. The number of carbonyl (C=O) groups excluding carboxylic acids is 3. The Balaban J connectivity index is 1.88. The SMILES string of the molecule is CC(=O)O[C@@]1(C(=O)CO)[C@H](C)C[C@H]2[C@@H]3CCC4=C(F)C(=O)C=C[C@]4(C)[C@@]3(F)[C@@H](O)C[C@@]21C. The molecule has 0 aliphatic heterocycles. The first-order valence-electron chi connectivity index (χ1n) is 11.1. The van der Waals surface area contributed by atoms with Crippen LogP contribution in [0, 0.1) is 28.6 Å². The van der Waals surface area contributed by atoms with Gasteiger partial charge in [0.05, 0.1) is 6.10 Å². The van der Waals surface area contributed by atoms with Gasteiger partial charge in [0.2, 0.25) is 11.6 Å². The van der Waals surface area contributed by atoms with Crippen LogP contribution in [0.1, 0.15) is 53.4 Å². The molecule has 6 nitrogen and oxygen atoms in total. The molecule has 32 heavy (non-hydrogen) atoms. The van der Waals surface area contributed by atoms with Gasteiger partial charge in [0.1, 0.15) is 6.61 Å². The van der Waals surface area contributed by atoms with E-state index < -0.39 is 75.9 Å². The minimum absolute atomic E-state index is 0.0649. The van der Waals surface area contributed by atoms with E-state index in [1.54, 1.807) is 13.8 Å². The van der Waals surface area contributed by atoms with Gasteiger partial charge in [-0.05, 0) is 50.2 Å². The van der Waals surface area contributed by atoms with E-state index in [9.17, 15) is 29.0 Å². The number of aliphatic hydroxyl groups is 2. The molecular formula is C24H30F2O6. The summed E-state index contributed by atoms with van der Waals surface area (Å²) in [5.74, 6) is -4.86. The minimum Gasteiger partial charge on any atom is -0.450 e. The van der Waals surface area contributed by atoms with Gasteiger partial charge in [0.15, 0.2) is 17.1 Å². The number of rotatable bonds is 3. The third-order valence-corrected chi connectivity index (χ3v) is 9.14. The normalized spacial score (nSPS) is 47.6. The lowest BCUT2D eigenvalue weighted by Crippen LogP contribution is -2.70. The quantitative estimate of drug-likeness (QED) is 0.639. The van der Waals surface area contributed by atoms with E-state index in [0.29, 0.717) is 6.42 Å². The molecule has 8 heteroatoms. The van der Waals surface area contributed by atoms with Gasteiger partial charge >= 0.3 is 5.97 Å². The van der Waals surface area contributed by atoms with Crippen LogP contribution in [-0.4, -0.2) is 51.7 Å². The van der Waals surface area contributed by atoms with Crippen molar-refractivity contribution in [3.63, 3.8) is 0 Å². The lowest BCUT2D eigenvalue weighted by atomic mass is 9.44. The van der Waals surface area contributed by atoms with Crippen molar-refractivity contribution in [3.8, 4) is 0 Å². The monoisotopic (exact) mass is 452 g/mol. The molecule has 3 saturated carbocycles. The Morgan fingerprint density at radius 2 is 1.94 bits per heavy atom. The molecule has 0 aromatic rings. The van der Waals surface area contributed by atoms with Gasteiger partial charge in [0, 0.05) is 29.6 Å². The Bertz CT molecular complexity index is 958. The van der Waals surface area contributed by atoms with Crippen LogP contribution >= 0.6 is 0 Å². The number of hydrogen-bond acceptors (Lipinski definition) is 6. The highest BCUT2D eigenvalue weighted by Gasteiger charge is 2.77. The van der Waals surface area contributed by atoms with Gasteiger partial charge in [0.25, 0.3) is 0 Å². The summed E-state index contributed by atoms with van der Waals surface area (Å²) >= 11 is 0. The van der Waals surface area contributed by atoms with E-state index in [2.05, 4.69) is 0 Å². The number of alkyl halides is 1. The molecule has 4 aliphatic rings. The molecule has 0 aromatic heterocycles. The van der Waals surface area contributed by atoms with Crippen LogP contribution in [0.15, 0.2) is 23.6 Å². The maximum atomic E-state index is 17.1. The smallest absolute Gasteiger partial charge is 0.303 e. The first-order chi connectivity index (χ1) is 14.8. The van der Waals surface area contributed by atoms with E-state index in [1.807, 2.05) is 0 Å². The molecule has 4 rings (SSSR count). The molecule has 0 spiro atoms. The number of carbonyl (C=O) groups is 3. The van der Waals surface area contributed by atoms with Gasteiger partial charge < -0.3 is 14.9 Å². The Labute approximate surface area is 185 Å². The van der Waals surface area contributed by atoms with Crippen LogP contribution in [0.25, 0.3) is 0 Å². The fourth-order valence-electron chi connectivity index (χ4n) is 7.82. The summed E-state index contributed by atoms with van der Waals surface area (Å²) < 4.78 is 37.5. The summed E-state index contributed by atoms with van der Waals surface area (Å²) in [4.78, 5) is 37.0. The van der Waals surface area contributed by atoms with Crippen LogP contribution in [0.3, 0.4) is 0 Å². The number of esters is 1. The van der Waals surface area contributed by atoms with Crippen molar-refractivity contribution in [1.29, 1.82) is 0 Å². The molecule has 0 unspecified atom stereocenters. The zero-order chi connectivity index (χ0) is 23.9. The molecule has 0 aromatic carbocycles. The summed E-state index contributed by atoms with van der Waals surface area (Å²) in [6.45, 7) is 5.30. The number of hydrogen-bond donors (Lipinski definition) is 2. The Morgan fingerprint density at radius 1 is 1.28 bits per heavy atom. The van der Waals surface area contributed by atoms with Gasteiger partial charge in [-0.25, -0.2) is 8.78 Å². The van der Waals surface area contributed by atoms with Gasteiger partial charge in [-0.15, -0.1) is 0 Å². The third-order valence-electron chi connectivity index (χ3n) is 9.14. The van der Waals surface area contributed by atoms with Crippen molar-refractivity contribution in [3.05, 3.63) is 23.6 Å². The minimum atomic E-state index is -2.27.